The van der Waals surface area contributed by atoms with Crippen molar-refractivity contribution in [1.82, 2.24) is 0 Å². The lowest BCUT2D eigenvalue weighted by Gasteiger charge is -2.42. The molecule has 12 N–H and O–H groups in total. The van der Waals surface area contributed by atoms with Crippen molar-refractivity contribution in [3.05, 3.63) is 88.6 Å². The number of esters is 1. The molecule has 340 valence electrons. The van der Waals surface area contributed by atoms with E-state index in [0.717, 1.165) is 12.1 Å². The Morgan fingerprint density at radius 3 is 1.89 bits per heavy atom. The Kier molecular flexibility index (Phi) is 14.0. The number of aliphatic hydroxyl groups excluding tert-OH is 9. The molecule has 5 aliphatic rings. The van der Waals surface area contributed by atoms with E-state index in [1.54, 1.807) is 12.1 Å². The van der Waals surface area contributed by atoms with Crippen LogP contribution in [0, 0.1) is 0 Å². The average Bonchev–Trinajstić information content (AvgIpc) is 3.26. The Morgan fingerprint density at radius 1 is 0.683 bits per heavy atom. The number of aromatic hydroxyl groups is 2. The van der Waals surface area contributed by atoms with Gasteiger partial charge in [0.15, 0.2) is 29.3 Å². The van der Waals surface area contributed by atoms with E-state index in [-0.39, 0.29) is 45.6 Å². The molecule has 4 heterocycles. The predicted molar refractivity (Wildman–Crippen MR) is 212 cm³/mol. The highest BCUT2D eigenvalue weighted by Gasteiger charge is 2.51. The fourth-order valence-corrected chi connectivity index (χ4v) is 7.15. The Hall–Kier alpha value is -5.24. The van der Waals surface area contributed by atoms with Crippen LogP contribution in [0.4, 0.5) is 0 Å². The summed E-state index contributed by atoms with van der Waals surface area (Å²) in [7, 11) is 0. The number of carbonyl (C=O) groups excluding carboxylic acids is 1. The van der Waals surface area contributed by atoms with Crippen molar-refractivity contribution in [2.75, 3.05) is 13.2 Å². The molecular weight excluding hydrogens is 840 g/mol. The number of hydrogen-bond acceptors (Lipinski definition) is 20. The second kappa shape index (κ2) is 19.2. The second-order valence-corrected chi connectivity index (χ2v) is 15.1. The number of phenols is 2. The lowest BCUT2D eigenvalue weighted by Crippen LogP contribution is -2.62. The topological polar surface area (TPSA) is 339 Å². The summed E-state index contributed by atoms with van der Waals surface area (Å²) in [5.74, 6) is -1.42. The first-order valence-electron chi connectivity index (χ1n) is 19.6. The Morgan fingerprint density at radius 2 is 1.25 bits per heavy atom. The molecule has 3 saturated heterocycles. The quantitative estimate of drug-likeness (QED) is 0.0428. The minimum atomic E-state index is -1.93. The Bertz CT molecular complexity index is 2230. The van der Waals surface area contributed by atoms with Gasteiger partial charge >= 0.3 is 5.97 Å². The van der Waals surface area contributed by atoms with Crippen LogP contribution in [-0.2, 0) is 23.7 Å². The van der Waals surface area contributed by atoms with E-state index < -0.39 is 117 Å². The number of rotatable bonds is 12. The first-order valence-corrected chi connectivity index (χ1v) is 19.6. The summed E-state index contributed by atoms with van der Waals surface area (Å²) in [5.41, 5.74) is 0.225. The highest BCUT2D eigenvalue weighted by molar-refractivity contribution is 5.88. The second-order valence-electron chi connectivity index (χ2n) is 15.1. The van der Waals surface area contributed by atoms with Gasteiger partial charge in [-0.05, 0) is 61.0 Å². The molecule has 0 aromatic heterocycles. The van der Waals surface area contributed by atoms with Gasteiger partial charge in [-0.15, -0.1) is 0 Å². The van der Waals surface area contributed by atoms with Gasteiger partial charge in [0.05, 0.1) is 24.9 Å². The first kappa shape index (κ1) is 45.8. The lowest BCUT2D eigenvalue weighted by molar-refractivity contribution is -0.317. The van der Waals surface area contributed by atoms with Crippen LogP contribution in [0.3, 0.4) is 0 Å². The first-order chi connectivity index (χ1) is 30.0. The summed E-state index contributed by atoms with van der Waals surface area (Å²) >= 11 is 0. The summed E-state index contributed by atoms with van der Waals surface area (Å²) in [6.45, 7) is 0.0897. The molecule has 0 spiro atoms. The molecule has 2 aromatic carbocycles. The number of fused-ring (bicyclic) bond motifs is 1. The van der Waals surface area contributed by atoms with Crippen molar-refractivity contribution in [1.29, 1.82) is 0 Å². The summed E-state index contributed by atoms with van der Waals surface area (Å²) in [6, 6.07) is 14.9. The van der Waals surface area contributed by atoms with Gasteiger partial charge in [-0.1, -0.05) is 12.1 Å². The van der Waals surface area contributed by atoms with Crippen LogP contribution in [0.15, 0.2) is 82.0 Å². The van der Waals surface area contributed by atoms with Gasteiger partial charge in [-0.3, -0.25) is 4.79 Å². The minimum absolute atomic E-state index is 0.00691. The van der Waals surface area contributed by atoms with Gasteiger partial charge in [-0.2, -0.15) is 0 Å². The fraction of sp³-hybridized carbons (Fsp3) is 0.429. The molecule has 7 rings (SSSR count). The third-order valence-corrected chi connectivity index (χ3v) is 10.7. The van der Waals surface area contributed by atoms with E-state index in [2.05, 4.69) is 0 Å². The smallest absolute Gasteiger partial charge is 0.508 e. The number of hydrogen-bond donors (Lipinski definition) is 11. The molecule has 4 aliphatic heterocycles. The number of benzene rings is 3. The van der Waals surface area contributed by atoms with Crippen molar-refractivity contribution in [2.24, 2.45) is 0 Å². The summed E-state index contributed by atoms with van der Waals surface area (Å²) < 4.78 is 46.2. The van der Waals surface area contributed by atoms with Crippen molar-refractivity contribution >= 4 is 12.0 Å². The predicted octanol–water partition coefficient (Wildman–Crippen LogP) is -1.73. The summed E-state index contributed by atoms with van der Waals surface area (Å²) in [5, 5.41) is 115. The van der Waals surface area contributed by atoms with Crippen LogP contribution in [0.1, 0.15) is 12.5 Å². The van der Waals surface area contributed by atoms with Gasteiger partial charge < -0.3 is 98.5 Å². The lowest BCUT2D eigenvalue weighted by atomic mass is 9.98. The average molecular weight is 888 g/mol. The third kappa shape index (κ3) is 9.95. The molecular formula is C42H47O21+. The third-order valence-electron chi connectivity index (χ3n) is 10.7. The zero-order valence-electron chi connectivity index (χ0n) is 33.1. The van der Waals surface area contributed by atoms with Crippen LogP contribution >= 0.6 is 0 Å². The van der Waals surface area contributed by atoms with E-state index in [0.29, 0.717) is 5.56 Å². The molecule has 15 unspecified atom stereocenters. The molecule has 63 heavy (non-hydrogen) atoms. The van der Waals surface area contributed by atoms with E-state index >= 15 is 0 Å². The minimum Gasteiger partial charge on any atom is -0.508 e. The number of aliphatic hydroxyl groups is 9. The molecule has 0 saturated carbocycles. The maximum atomic E-state index is 12.9. The fourth-order valence-electron chi connectivity index (χ4n) is 7.15. The standard InChI is InChI=1S/C42H46O21/c1-17-38(63-29(47)11-4-18-2-7-20(44)8-3-18)34(52)37(55)40(57-17)56-16-28-31(49)33(51)36(54)42(62-28)60-26-14-23-24(58-39(26)19-5-9-21(45)10-6-19)12-22(46)13-25(23)59-41-35(53)32(50)30(48)27(15-43)61-41/h2-14,17,27-28,30-38,40-45,48-55H,15-16H2,1H3/p+1. The van der Waals surface area contributed by atoms with Crippen LogP contribution in [0.2, 0.25) is 0 Å². The number of phenolic OH excluding ortho intramolecular Hbond substituents is 2. The summed E-state index contributed by atoms with van der Waals surface area (Å²) in [4.78, 5) is 23.2. The van der Waals surface area contributed by atoms with Gasteiger partial charge in [0.2, 0.25) is 18.7 Å². The zero-order chi connectivity index (χ0) is 45.3. The van der Waals surface area contributed by atoms with Crippen LogP contribution in [-0.4, -0.2) is 172 Å². The van der Waals surface area contributed by atoms with E-state index in [1.807, 2.05) is 0 Å². The zero-order valence-corrected chi connectivity index (χ0v) is 33.1. The van der Waals surface area contributed by atoms with Crippen LogP contribution in [0.25, 0.3) is 28.7 Å². The molecule has 21 nitrogen and oxygen atoms in total. The van der Waals surface area contributed by atoms with Crippen molar-refractivity contribution in [3.63, 3.8) is 0 Å². The maximum absolute atomic E-state index is 12.9. The molecule has 3 fully saturated rings. The van der Waals surface area contributed by atoms with Gasteiger partial charge in [0, 0.05) is 17.7 Å². The Labute approximate surface area is 356 Å². The number of ether oxygens (including phenoxy) is 7. The largest absolute Gasteiger partial charge is 0.510 e. The van der Waals surface area contributed by atoms with Gasteiger partial charge in [-0.25, -0.2) is 0 Å². The van der Waals surface area contributed by atoms with Crippen molar-refractivity contribution in [3.8, 4) is 45.6 Å². The van der Waals surface area contributed by atoms with E-state index in [9.17, 15) is 65.8 Å². The molecule has 15 atom stereocenters. The molecule has 0 radical (unpaired) electrons. The molecule has 0 bridgehead atoms. The van der Waals surface area contributed by atoms with E-state index in [4.69, 9.17) is 37.6 Å². The maximum Gasteiger partial charge on any atom is 0.510 e. The normalized spacial score (nSPS) is 33.6. The summed E-state index contributed by atoms with van der Waals surface area (Å²) in [6.07, 6.45) is -22.0. The Balaban J connectivity index is 1.09. The van der Waals surface area contributed by atoms with Crippen molar-refractivity contribution < 1.29 is 98.5 Å². The monoisotopic (exact) mass is 887 g/mol. The highest BCUT2D eigenvalue weighted by Crippen LogP contribution is 2.43. The van der Waals surface area contributed by atoms with Crippen LogP contribution < -0.4 is 14.9 Å². The highest BCUT2D eigenvalue weighted by atomic mass is 16.7. The van der Waals surface area contributed by atoms with Gasteiger partial charge in [0.25, 0.3) is 0 Å². The van der Waals surface area contributed by atoms with E-state index in [1.165, 1.54) is 61.5 Å². The van der Waals surface area contributed by atoms with Gasteiger partial charge in [0.1, 0.15) is 84.0 Å². The van der Waals surface area contributed by atoms with Crippen LogP contribution in [0.5, 0.6) is 23.0 Å². The van der Waals surface area contributed by atoms with Crippen molar-refractivity contribution in [2.45, 2.75) is 99.0 Å². The molecule has 1 aliphatic carbocycles. The molecule has 0 amide bonds. The SMILES string of the molecule is CC1OC(OCC2OC(Oc3cc4c(OC5OC(CO)C(O)C(O)C5O)cc(=O)cc-4oc3-c3ccc(O)cc3)C(O)C(O)C2O)C(O)C(O)C1OC(=[OH+])C=Cc1ccc(O)cc1. The molecule has 2 aromatic rings. The molecule has 21 heteroatoms.